The molecule has 1 aromatic rings. The number of rotatable bonds is 6. The Morgan fingerprint density at radius 2 is 2.38 bits per heavy atom. The highest BCUT2D eigenvalue weighted by Gasteiger charge is 2.25. The minimum atomic E-state index is -0.393. The summed E-state index contributed by atoms with van der Waals surface area (Å²) in [7, 11) is 0. The zero-order chi connectivity index (χ0) is 11.5. The van der Waals surface area contributed by atoms with E-state index in [0.29, 0.717) is 0 Å². The summed E-state index contributed by atoms with van der Waals surface area (Å²) in [6.45, 7) is 6.20. The summed E-state index contributed by atoms with van der Waals surface area (Å²) in [5, 5.41) is 10.6. The van der Waals surface area contributed by atoms with E-state index in [1.54, 1.807) is 24.5 Å². The SMILES string of the molecule is CCCN(CC1CC1)c1ncc(C(C)O)s1. The molecule has 4 heteroatoms. The quantitative estimate of drug-likeness (QED) is 0.830. The lowest BCUT2D eigenvalue weighted by atomic mass is 10.3. The molecule has 1 unspecified atom stereocenters. The molecule has 1 saturated carbocycles. The van der Waals surface area contributed by atoms with E-state index >= 15 is 0 Å². The Bertz CT molecular complexity index is 334. The zero-order valence-corrected chi connectivity index (χ0v) is 10.8. The van der Waals surface area contributed by atoms with Gasteiger partial charge in [0.05, 0.1) is 11.0 Å². The summed E-state index contributed by atoms with van der Waals surface area (Å²) in [6.07, 6.45) is 5.30. The highest BCUT2D eigenvalue weighted by Crippen LogP contribution is 2.33. The van der Waals surface area contributed by atoms with Crippen LogP contribution in [0.25, 0.3) is 0 Å². The number of anilines is 1. The summed E-state index contributed by atoms with van der Waals surface area (Å²) in [5.74, 6) is 0.880. The van der Waals surface area contributed by atoms with E-state index in [2.05, 4.69) is 16.8 Å². The molecule has 0 aliphatic heterocycles. The lowest BCUT2D eigenvalue weighted by Gasteiger charge is -2.20. The molecule has 2 rings (SSSR count). The lowest BCUT2D eigenvalue weighted by Crippen LogP contribution is -2.26. The maximum Gasteiger partial charge on any atom is 0.185 e. The van der Waals surface area contributed by atoms with Gasteiger partial charge in [-0.3, -0.25) is 0 Å². The molecule has 0 saturated heterocycles. The van der Waals surface area contributed by atoms with Crippen LogP contribution in [0.4, 0.5) is 5.13 Å². The molecule has 3 nitrogen and oxygen atoms in total. The highest BCUT2D eigenvalue weighted by atomic mass is 32.1. The first kappa shape index (κ1) is 11.9. The van der Waals surface area contributed by atoms with Crippen LogP contribution >= 0.6 is 11.3 Å². The molecule has 1 aromatic heterocycles. The van der Waals surface area contributed by atoms with E-state index in [9.17, 15) is 5.11 Å². The van der Waals surface area contributed by atoms with E-state index < -0.39 is 6.10 Å². The molecular weight excluding hydrogens is 220 g/mol. The minimum Gasteiger partial charge on any atom is -0.388 e. The molecule has 16 heavy (non-hydrogen) atoms. The molecule has 0 spiro atoms. The van der Waals surface area contributed by atoms with Crippen LogP contribution in [0.15, 0.2) is 6.20 Å². The first-order valence-corrected chi connectivity index (χ1v) is 6.91. The summed E-state index contributed by atoms with van der Waals surface area (Å²) in [4.78, 5) is 7.76. The van der Waals surface area contributed by atoms with Gasteiger partial charge in [-0.1, -0.05) is 18.3 Å². The van der Waals surface area contributed by atoms with Gasteiger partial charge in [-0.15, -0.1) is 0 Å². The van der Waals surface area contributed by atoms with Crippen molar-refractivity contribution in [1.82, 2.24) is 4.98 Å². The van der Waals surface area contributed by atoms with Crippen molar-refractivity contribution in [2.24, 2.45) is 5.92 Å². The first-order chi connectivity index (χ1) is 7.70. The average Bonchev–Trinajstić information content (AvgIpc) is 2.92. The molecular formula is C12H20N2OS. The zero-order valence-electron chi connectivity index (χ0n) is 10.0. The van der Waals surface area contributed by atoms with Crippen molar-refractivity contribution in [2.75, 3.05) is 18.0 Å². The van der Waals surface area contributed by atoms with Crippen LogP contribution in [0, 0.1) is 5.92 Å². The van der Waals surface area contributed by atoms with E-state index in [-0.39, 0.29) is 0 Å². The molecule has 1 aliphatic rings. The Morgan fingerprint density at radius 3 is 2.88 bits per heavy atom. The van der Waals surface area contributed by atoms with Gasteiger partial charge >= 0.3 is 0 Å². The lowest BCUT2D eigenvalue weighted by molar-refractivity contribution is 0.203. The van der Waals surface area contributed by atoms with Gasteiger partial charge in [0.15, 0.2) is 5.13 Å². The van der Waals surface area contributed by atoms with Crippen LogP contribution in [0.5, 0.6) is 0 Å². The molecule has 0 aromatic carbocycles. The van der Waals surface area contributed by atoms with Crippen molar-refractivity contribution in [1.29, 1.82) is 0 Å². The van der Waals surface area contributed by atoms with E-state index in [1.165, 1.54) is 12.8 Å². The summed E-state index contributed by atoms with van der Waals surface area (Å²) in [6, 6.07) is 0. The van der Waals surface area contributed by atoms with Gasteiger partial charge in [-0.05, 0) is 32.1 Å². The number of aliphatic hydroxyl groups excluding tert-OH is 1. The Morgan fingerprint density at radius 1 is 1.62 bits per heavy atom. The van der Waals surface area contributed by atoms with Gasteiger partial charge in [0, 0.05) is 19.3 Å². The third-order valence-corrected chi connectivity index (χ3v) is 4.09. The number of hydrogen-bond acceptors (Lipinski definition) is 4. The number of hydrogen-bond donors (Lipinski definition) is 1. The van der Waals surface area contributed by atoms with Gasteiger partial charge in [0.2, 0.25) is 0 Å². The monoisotopic (exact) mass is 240 g/mol. The van der Waals surface area contributed by atoms with Gasteiger partial charge in [0.25, 0.3) is 0 Å². The standard InChI is InChI=1S/C12H20N2OS/c1-3-6-14(8-10-4-5-10)12-13-7-11(16-12)9(2)15/h7,9-10,15H,3-6,8H2,1-2H3. The average molecular weight is 240 g/mol. The maximum absolute atomic E-state index is 9.49. The first-order valence-electron chi connectivity index (χ1n) is 6.09. The molecule has 1 atom stereocenters. The van der Waals surface area contributed by atoms with E-state index in [0.717, 1.165) is 35.4 Å². The summed E-state index contributed by atoms with van der Waals surface area (Å²) < 4.78 is 0. The molecule has 1 aliphatic carbocycles. The van der Waals surface area contributed by atoms with Gasteiger partial charge in [-0.25, -0.2) is 4.98 Å². The van der Waals surface area contributed by atoms with Crippen LogP contribution < -0.4 is 4.90 Å². The van der Waals surface area contributed by atoms with Crippen molar-refractivity contribution in [3.63, 3.8) is 0 Å². The molecule has 0 bridgehead atoms. The molecule has 1 N–H and O–H groups in total. The molecule has 1 heterocycles. The smallest absolute Gasteiger partial charge is 0.185 e. The summed E-state index contributed by atoms with van der Waals surface area (Å²) in [5.41, 5.74) is 0. The Labute approximate surface area is 101 Å². The predicted octanol–water partition coefficient (Wildman–Crippen LogP) is 2.82. The van der Waals surface area contributed by atoms with E-state index in [4.69, 9.17) is 0 Å². The number of nitrogens with zero attached hydrogens (tertiary/aromatic N) is 2. The van der Waals surface area contributed by atoms with Crippen LogP contribution in [0.1, 0.15) is 44.1 Å². The molecule has 1 fully saturated rings. The van der Waals surface area contributed by atoms with Crippen LogP contribution in [-0.4, -0.2) is 23.2 Å². The van der Waals surface area contributed by atoms with Crippen LogP contribution in [-0.2, 0) is 0 Å². The predicted molar refractivity (Wildman–Crippen MR) is 68.0 cm³/mol. The third-order valence-electron chi connectivity index (χ3n) is 2.86. The largest absolute Gasteiger partial charge is 0.388 e. The highest BCUT2D eigenvalue weighted by molar-refractivity contribution is 7.15. The van der Waals surface area contributed by atoms with Crippen molar-refractivity contribution in [3.05, 3.63) is 11.1 Å². The van der Waals surface area contributed by atoms with Crippen molar-refractivity contribution in [3.8, 4) is 0 Å². The van der Waals surface area contributed by atoms with Crippen LogP contribution in [0.3, 0.4) is 0 Å². The number of aromatic nitrogens is 1. The second-order valence-electron chi connectivity index (χ2n) is 4.61. The van der Waals surface area contributed by atoms with Crippen molar-refractivity contribution < 1.29 is 5.11 Å². The molecule has 90 valence electrons. The fourth-order valence-electron chi connectivity index (χ4n) is 1.76. The molecule has 0 amide bonds. The summed E-state index contributed by atoms with van der Waals surface area (Å²) >= 11 is 1.62. The number of thiazole rings is 1. The maximum atomic E-state index is 9.49. The van der Waals surface area contributed by atoms with E-state index in [1.807, 2.05) is 0 Å². The van der Waals surface area contributed by atoms with Crippen molar-refractivity contribution in [2.45, 2.75) is 39.2 Å². The third kappa shape index (κ3) is 2.95. The Balaban J connectivity index is 2.03. The van der Waals surface area contributed by atoms with Gasteiger partial charge < -0.3 is 10.0 Å². The second kappa shape index (κ2) is 5.15. The Hall–Kier alpha value is -0.610. The normalized spacial score (nSPS) is 17.4. The van der Waals surface area contributed by atoms with Gasteiger partial charge in [-0.2, -0.15) is 0 Å². The second-order valence-corrected chi connectivity index (χ2v) is 5.65. The fourth-order valence-corrected chi connectivity index (χ4v) is 2.65. The minimum absolute atomic E-state index is 0.393. The Kier molecular flexibility index (Phi) is 3.82. The topological polar surface area (TPSA) is 36.4 Å². The fraction of sp³-hybridized carbons (Fsp3) is 0.750. The number of aliphatic hydroxyl groups is 1. The van der Waals surface area contributed by atoms with Gasteiger partial charge in [0.1, 0.15) is 0 Å². The molecule has 0 radical (unpaired) electrons. The van der Waals surface area contributed by atoms with Crippen molar-refractivity contribution >= 4 is 16.5 Å². The van der Waals surface area contributed by atoms with Crippen LogP contribution in [0.2, 0.25) is 0 Å².